The average Bonchev–Trinajstić information content (AvgIpc) is 2.73. The Bertz CT molecular complexity index is 910. The first-order valence-corrected chi connectivity index (χ1v) is 9.07. The van der Waals surface area contributed by atoms with Gasteiger partial charge in [0, 0.05) is 13.0 Å². The number of carbonyl (C=O) groups excluding carboxylic acids is 1. The van der Waals surface area contributed by atoms with Crippen LogP contribution >= 0.6 is 0 Å². The number of aliphatic carboxylic acids is 1. The van der Waals surface area contributed by atoms with Crippen LogP contribution in [-0.2, 0) is 17.8 Å². The van der Waals surface area contributed by atoms with Crippen molar-refractivity contribution in [1.82, 2.24) is 10.6 Å². The van der Waals surface area contributed by atoms with Gasteiger partial charge in [0.15, 0.2) is 0 Å². The molecule has 0 aliphatic heterocycles. The first-order valence-electron chi connectivity index (χ1n) is 9.07. The number of amides is 2. The number of hydrogen-bond donors (Lipinski definition) is 3. The van der Waals surface area contributed by atoms with Crippen molar-refractivity contribution in [3.05, 3.63) is 96.1 Å². The quantitative estimate of drug-likeness (QED) is 0.588. The maximum Gasteiger partial charge on any atom is 0.326 e. The predicted molar refractivity (Wildman–Crippen MR) is 109 cm³/mol. The molecule has 5 heteroatoms. The molecule has 0 radical (unpaired) electrons. The van der Waals surface area contributed by atoms with Crippen molar-refractivity contribution in [2.75, 3.05) is 0 Å². The molecule has 3 aromatic carbocycles. The first kappa shape index (κ1) is 19.2. The van der Waals surface area contributed by atoms with E-state index in [0.717, 1.165) is 22.3 Å². The van der Waals surface area contributed by atoms with Crippen LogP contribution in [0.5, 0.6) is 0 Å². The fourth-order valence-electron chi connectivity index (χ4n) is 2.89. The van der Waals surface area contributed by atoms with Crippen molar-refractivity contribution in [1.29, 1.82) is 0 Å². The van der Waals surface area contributed by atoms with Gasteiger partial charge < -0.3 is 15.7 Å². The molecule has 0 aliphatic carbocycles. The number of rotatable bonds is 7. The molecule has 0 fully saturated rings. The summed E-state index contributed by atoms with van der Waals surface area (Å²) in [6.45, 7) is 0.338. The summed E-state index contributed by atoms with van der Waals surface area (Å²) in [7, 11) is 0. The van der Waals surface area contributed by atoms with Crippen LogP contribution in [0.3, 0.4) is 0 Å². The Hall–Kier alpha value is -3.60. The molecule has 0 heterocycles. The van der Waals surface area contributed by atoms with E-state index in [1.54, 1.807) is 0 Å². The molecule has 0 saturated heterocycles. The molecular weight excluding hydrogens is 352 g/mol. The highest BCUT2D eigenvalue weighted by molar-refractivity contribution is 5.82. The van der Waals surface area contributed by atoms with Crippen LogP contribution in [0.15, 0.2) is 84.9 Å². The minimum absolute atomic E-state index is 0.211. The number of benzene rings is 3. The molecule has 0 aromatic heterocycles. The number of carboxylic acid groups (broad SMARTS) is 1. The van der Waals surface area contributed by atoms with Gasteiger partial charge in [0.05, 0.1) is 0 Å². The normalized spacial score (nSPS) is 11.4. The second-order valence-electron chi connectivity index (χ2n) is 6.47. The minimum atomic E-state index is -1.07. The Labute approximate surface area is 164 Å². The fourth-order valence-corrected chi connectivity index (χ4v) is 2.89. The third-order valence-corrected chi connectivity index (χ3v) is 4.40. The molecule has 5 nitrogen and oxygen atoms in total. The highest BCUT2D eigenvalue weighted by Gasteiger charge is 2.20. The van der Waals surface area contributed by atoms with E-state index in [1.807, 2.05) is 84.9 Å². The van der Waals surface area contributed by atoms with Crippen molar-refractivity contribution in [2.24, 2.45) is 0 Å². The minimum Gasteiger partial charge on any atom is -0.480 e. The zero-order valence-corrected chi connectivity index (χ0v) is 15.3. The summed E-state index contributed by atoms with van der Waals surface area (Å²) >= 11 is 0. The van der Waals surface area contributed by atoms with Gasteiger partial charge in [0.1, 0.15) is 6.04 Å². The van der Waals surface area contributed by atoms with E-state index in [1.165, 1.54) is 0 Å². The van der Waals surface area contributed by atoms with Gasteiger partial charge in [0.25, 0.3) is 0 Å². The van der Waals surface area contributed by atoms with Gasteiger partial charge >= 0.3 is 12.0 Å². The maximum atomic E-state index is 12.1. The second-order valence-corrected chi connectivity index (χ2v) is 6.47. The highest BCUT2D eigenvalue weighted by atomic mass is 16.4. The number of carboxylic acids is 1. The average molecular weight is 374 g/mol. The lowest BCUT2D eigenvalue weighted by Gasteiger charge is -2.15. The summed E-state index contributed by atoms with van der Waals surface area (Å²) in [5, 5.41) is 14.7. The molecule has 1 atom stereocenters. The van der Waals surface area contributed by atoms with E-state index >= 15 is 0 Å². The lowest BCUT2D eigenvalue weighted by Crippen LogP contribution is -2.46. The van der Waals surface area contributed by atoms with Crippen LogP contribution in [0.1, 0.15) is 11.1 Å². The predicted octanol–water partition coefficient (Wildman–Crippen LogP) is 3.85. The zero-order valence-electron chi connectivity index (χ0n) is 15.3. The van der Waals surface area contributed by atoms with E-state index in [0.29, 0.717) is 6.54 Å². The van der Waals surface area contributed by atoms with Crippen molar-refractivity contribution in [3.8, 4) is 11.1 Å². The highest BCUT2D eigenvalue weighted by Crippen LogP contribution is 2.19. The van der Waals surface area contributed by atoms with Gasteiger partial charge in [-0.3, -0.25) is 0 Å². The number of hydrogen-bond acceptors (Lipinski definition) is 2. The summed E-state index contributed by atoms with van der Waals surface area (Å²) < 4.78 is 0. The van der Waals surface area contributed by atoms with E-state index in [4.69, 9.17) is 0 Å². The fraction of sp³-hybridized carbons (Fsp3) is 0.130. The van der Waals surface area contributed by atoms with Crippen LogP contribution in [-0.4, -0.2) is 23.1 Å². The number of carbonyl (C=O) groups is 2. The molecule has 0 saturated carbocycles. The summed E-state index contributed by atoms with van der Waals surface area (Å²) in [5.74, 6) is -1.07. The number of urea groups is 1. The molecule has 142 valence electrons. The van der Waals surface area contributed by atoms with Crippen molar-refractivity contribution in [2.45, 2.75) is 19.0 Å². The lowest BCUT2D eigenvalue weighted by molar-refractivity contribution is -0.139. The van der Waals surface area contributed by atoms with Crippen LogP contribution in [0.2, 0.25) is 0 Å². The largest absolute Gasteiger partial charge is 0.480 e. The van der Waals surface area contributed by atoms with Crippen molar-refractivity contribution < 1.29 is 14.7 Å². The Morgan fingerprint density at radius 1 is 0.750 bits per heavy atom. The van der Waals surface area contributed by atoms with Crippen molar-refractivity contribution in [3.63, 3.8) is 0 Å². The number of nitrogens with one attached hydrogen (secondary N) is 2. The van der Waals surface area contributed by atoms with E-state index in [9.17, 15) is 14.7 Å². The van der Waals surface area contributed by atoms with Gasteiger partial charge in [-0.05, 0) is 22.3 Å². The van der Waals surface area contributed by atoms with Gasteiger partial charge in [-0.25, -0.2) is 9.59 Å². The van der Waals surface area contributed by atoms with Gasteiger partial charge in [-0.2, -0.15) is 0 Å². The molecule has 28 heavy (non-hydrogen) atoms. The molecular formula is C23H22N2O3. The molecule has 0 spiro atoms. The van der Waals surface area contributed by atoms with Gasteiger partial charge in [0.2, 0.25) is 0 Å². The molecule has 3 N–H and O–H groups in total. The van der Waals surface area contributed by atoms with Crippen molar-refractivity contribution >= 4 is 12.0 Å². The van der Waals surface area contributed by atoms with E-state index in [-0.39, 0.29) is 6.42 Å². The Kier molecular flexibility index (Phi) is 6.41. The molecule has 0 unspecified atom stereocenters. The molecule has 3 rings (SSSR count). The summed E-state index contributed by atoms with van der Waals surface area (Å²) in [5.41, 5.74) is 3.95. The monoisotopic (exact) mass is 374 g/mol. The first-order chi connectivity index (χ1) is 13.6. The van der Waals surface area contributed by atoms with Gasteiger partial charge in [-0.1, -0.05) is 84.9 Å². The van der Waals surface area contributed by atoms with Crippen LogP contribution < -0.4 is 10.6 Å². The third-order valence-electron chi connectivity index (χ3n) is 4.40. The van der Waals surface area contributed by atoms with Crippen LogP contribution in [0.4, 0.5) is 4.79 Å². The molecule has 2 amide bonds. The topological polar surface area (TPSA) is 78.4 Å². The summed E-state index contributed by atoms with van der Waals surface area (Å²) in [4.78, 5) is 23.6. The summed E-state index contributed by atoms with van der Waals surface area (Å²) in [6, 6.07) is 25.6. The zero-order chi connectivity index (χ0) is 19.8. The standard InChI is InChI=1S/C23H22N2O3/c26-22(27)21(25-23(28)24-16-18-7-3-1-4-8-18)15-17-11-13-20(14-12-17)19-9-5-2-6-10-19/h1-14,21H,15-16H2,(H,26,27)(H2,24,25,28)/t21-/m0/s1. The van der Waals surface area contributed by atoms with Crippen LogP contribution in [0.25, 0.3) is 11.1 Å². The summed E-state index contributed by atoms with van der Waals surface area (Å²) in [6.07, 6.45) is 0.211. The third kappa shape index (κ3) is 5.45. The molecule has 0 bridgehead atoms. The lowest BCUT2D eigenvalue weighted by atomic mass is 10.0. The second kappa shape index (κ2) is 9.37. The Morgan fingerprint density at radius 3 is 1.93 bits per heavy atom. The maximum absolute atomic E-state index is 12.1. The smallest absolute Gasteiger partial charge is 0.326 e. The molecule has 3 aromatic rings. The van der Waals surface area contributed by atoms with Gasteiger partial charge in [-0.15, -0.1) is 0 Å². The SMILES string of the molecule is O=C(NCc1ccccc1)N[C@@H](Cc1ccc(-c2ccccc2)cc1)C(=O)O. The van der Waals surface area contributed by atoms with E-state index < -0.39 is 18.0 Å². The Balaban J connectivity index is 1.58. The molecule has 0 aliphatic rings. The van der Waals surface area contributed by atoms with Crippen LogP contribution in [0, 0.1) is 0 Å². The Morgan fingerprint density at radius 2 is 1.32 bits per heavy atom. The van der Waals surface area contributed by atoms with E-state index in [2.05, 4.69) is 10.6 Å².